The molecule has 2 aromatic carbocycles. The molecule has 2 unspecified atom stereocenters. The normalized spacial score (nSPS) is 19.9. The standard InChI is InChI=1S/C25H24FNO2S/c1-3-14-25(23-5-4-17-30-23)15-16-27(24(28)29-25)18(2)19-6-8-20(9-7-19)21-10-12-22(26)13-11-21/h3-13,17-18H,1,14-16H2,2H3. The molecule has 2 atom stereocenters. The molecule has 0 spiro atoms. The fraction of sp³-hybridized carbons (Fsp3) is 0.240. The number of benzene rings is 2. The second kappa shape index (κ2) is 8.44. The summed E-state index contributed by atoms with van der Waals surface area (Å²) < 4.78 is 19.2. The number of hydrogen-bond donors (Lipinski definition) is 0. The molecule has 1 amide bonds. The number of hydrogen-bond acceptors (Lipinski definition) is 3. The Morgan fingerprint density at radius 2 is 1.83 bits per heavy atom. The summed E-state index contributed by atoms with van der Waals surface area (Å²) in [6.45, 7) is 6.48. The molecule has 0 bridgehead atoms. The van der Waals surface area contributed by atoms with Gasteiger partial charge >= 0.3 is 6.09 Å². The lowest BCUT2D eigenvalue weighted by Gasteiger charge is -2.42. The molecule has 3 aromatic rings. The lowest BCUT2D eigenvalue weighted by Crippen LogP contribution is -2.48. The monoisotopic (exact) mass is 421 g/mol. The van der Waals surface area contributed by atoms with Crippen LogP contribution < -0.4 is 0 Å². The smallest absolute Gasteiger partial charge is 0.411 e. The van der Waals surface area contributed by atoms with Gasteiger partial charge in [-0.25, -0.2) is 9.18 Å². The third kappa shape index (κ3) is 3.90. The Morgan fingerprint density at radius 1 is 1.17 bits per heavy atom. The number of rotatable bonds is 6. The minimum absolute atomic E-state index is 0.107. The van der Waals surface area contributed by atoms with E-state index in [1.54, 1.807) is 28.4 Å². The summed E-state index contributed by atoms with van der Waals surface area (Å²) in [5.41, 5.74) is 2.38. The molecule has 0 radical (unpaired) electrons. The van der Waals surface area contributed by atoms with E-state index < -0.39 is 5.60 Å². The second-order valence-corrected chi connectivity index (χ2v) is 8.53. The number of amides is 1. The summed E-state index contributed by atoms with van der Waals surface area (Å²) in [5.74, 6) is -0.248. The molecule has 4 rings (SSSR count). The number of thiophene rings is 1. The Balaban J connectivity index is 1.50. The maximum absolute atomic E-state index is 13.2. The minimum Gasteiger partial charge on any atom is -0.437 e. The SMILES string of the molecule is C=CCC1(c2cccs2)CCN(C(C)c2ccc(-c3ccc(F)cc3)cc2)C(=O)O1. The summed E-state index contributed by atoms with van der Waals surface area (Å²) in [5, 5.41) is 2.01. The van der Waals surface area contributed by atoms with Crippen molar-refractivity contribution in [3.05, 3.63) is 95.0 Å². The summed E-state index contributed by atoms with van der Waals surface area (Å²) in [4.78, 5) is 15.8. The van der Waals surface area contributed by atoms with Crippen LogP contribution in [0, 0.1) is 5.82 Å². The zero-order valence-corrected chi connectivity index (χ0v) is 17.7. The topological polar surface area (TPSA) is 29.5 Å². The molecule has 1 aromatic heterocycles. The Hall–Kier alpha value is -2.92. The quantitative estimate of drug-likeness (QED) is 0.404. The Morgan fingerprint density at radius 3 is 2.40 bits per heavy atom. The molecule has 1 fully saturated rings. The van der Waals surface area contributed by atoms with Crippen LogP contribution in [0.3, 0.4) is 0 Å². The molecule has 1 saturated heterocycles. The minimum atomic E-state index is -0.615. The Labute approximate surface area is 180 Å². The van der Waals surface area contributed by atoms with Crippen LogP contribution >= 0.6 is 11.3 Å². The van der Waals surface area contributed by atoms with E-state index in [0.29, 0.717) is 13.0 Å². The number of carbonyl (C=O) groups excluding carboxylic acids is 1. The molecule has 1 aliphatic heterocycles. The van der Waals surface area contributed by atoms with Crippen LogP contribution in [0.25, 0.3) is 11.1 Å². The van der Waals surface area contributed by atoms with Gasteiger partial charge in [0, 0.05) is 24.3 Å². The second-order valence-electron chi connectivity index (χ2n) is 7.58. The van der Waals surface area contributed by atoms with Gasteiger partial charge in [0.2, 0.25) is 0 Å². The van der Waals surface area contributed by atoms with Crippen LogP contribution in [-0.4, -0.2) is 17.5 Å². The highest BCUT2D eigenvalue weighted by Crippen LogP contribution is 2.41. The third-order valence-electron chi connectivity index (χ3n) is 5.76. The van der Waals surface area contributed by atoms with E-state index in [9.17, 15) is 9.18 Å². The average molecular weight is 422 g/mol. The van der Waals surface area contributed by atoms with Gasteiger partial charge in [-0.05, 0) is 47.2 Å². The van der Waals surface area contributed by atoms with Crippen LogP contribution in [-0.2, 0) is 10.3 Å². The number of cyclic esters (lactones) is 1. The van der Waals surface area contributed by atoms with Gasteiger partial charge < -0.3 is 9.64 Å². The first-order valence-corrected chi connectivity index (χ1v) is 10.9. The van der Waals surface area contributed by atoms with Crippen molar-refractivity contribution in [1.82, 2.24) is 4.90 Å². The highest BCUT2D eigenvalue weighted by atomic mass is 32.1. The number of carbonyl (C=O) groups is 1. The maximum Gasteiger partial charge on any atom is 0.411 e. The molecule has 2 heterocycles. The van der Waals surface area contributed by atoms with E-state index in [2.05, 4.69) is 6.58 Å². The Bertz CT molecular complexity index is 1010. The molecular weight excluding hydrogens is 397 g/mol. The van der Waals surface area contributed by atoms with Crippen molar-refractivity contribution >= 4 is 17.4 Å². The molecule has 1 aliphatic rings. The Kier molecular flexibility index (Phi) is 5.73. The van der Waals surface area contributed by atoms with E-state index in [1.165, 1.54) is 12.1 Å². The van der Waals surface area contributed by atoms with Crippen molar-refractivity contribution in [2.75, 3.05) is 6.54 Å². The largest absolute Gasteiger partial charge is 0.437 e. The van der Waals surface area contributed by atoms with Crippen LogP contribution in [0.4, 0.5) is 9.18 Å². The van der Waals surface area contributed by atoms with Crippen molar-refractivity contribution in [2.45, 2.75) is 31.4 Å². The van der Waals surface area contributed by atoms with Gasteiger partial charge in [0.05, 0.1) is 6.04 Å². The van der Waals surface area contributed by atoms with Gasteiger partial charge in [0.15, 0.2) is 5.60 Å². The van der Waals surface area contributed by atoms with Crippen LogP contribution in [0.1, 0.15) is 36.2 Å². The lowest BCUT2D eigenvalue weighted by molar-refractivity contribution is -0.0567. The van der Waals surface area contributed by atoms with Gasteiger partial charge in [-0.15, -0.1) is 17.9 Å². The maximum atomic E-state index is 13.2. The first-order chi connectivity index (χ1) is 14.5. The summed E-state index contributed by atoms with van der Waals surface area (Å²) >= 11 is 1.61. The van der Waals surface area contributed by atoms with Crippen molar-refractivity contribution < 1.29 is 13.9 Å². The molecule has 0 N–H and O–H groups in total. The molecule has 3 nitrogen and oxygen atoms in total. The zero-order chi connectivity index (χ0) is 21.1. The van der Waals surface area contributed by atoms with Crippen molar-refractivity contribution in [3.8, 4) is 11.1 Å². The number of nitrogens with zero attached hydrogens (tertiary/aromatic N) is 1. The van der Waals surface area contributed by atoms with Gasteiger partial charge in [-0.3, -0.25) is 0 Å². The van der Waals surface area contributed by atoms with Gasteiger partial charge in [0.1, 0.15) is 5.82 Å². The van der Waals surface area contributed by atoms with E-state index in [0.717, 1.165) is 28.0 Å². The number of halogens is 1. The van der Waals surface area contributed by atoms with Gasteiger partial charge in [-0.1, -0.05) is 48.5 Å². The van der Waals surface area contributed by atoms with Crippen LogP contribution in [0.2, 0.25) is 0 Å². The van der Waals surface area contributed by atoms with E-state index in [1.807, 2.05) is 54.8 Å². The fourth-order valence-corrected chi connectivity index (χ4v) is 4.89. The first kappa shape index (κ1) is 20.4. The predicted octanol–water partition coefficient (Wildman–Crippen LogP) is 6.93. The third-order valence-corrected chi connectivity index (χ3v) is 6.81. The van der Waals surface area contributed by atoms with E-state index in [4.69, 9.17) is 4.74 Å². The van der Waals surface area contributed by atoms with Crippen molar-refractivity contribution in [1.29, 1.82) is 0 Å². The molecule has 154 valence electrons. The lowest BCUT2D eigenvalue weighted by atomic mass is 9.91. The molecule has 0 aliphatic carbocycles. The molecular formula is C25H24FNO2S. The average Bonchev–Trinajstić information content (AvgIpc) is 3.30. The fourth-order valence-electron chi connectivity index (χ4n) is 3.99. The predicted molar refractivity (Wildman–Crippen MR) is 119 cm³/mol. The van der Waals surface area contributed by atoms with E-state index in [-0.39, 0.29) is 18.0 Å². The summed E-state index contributed by atoms with van der Waals surface area (Å²) in [6, 6.07) is 18.4. The summed E-state index contributed by atoms with van der Waals surface area (Å²) in [6.07, 6.45) is 2.85. The van der Waals surface area contributed by atoms with Crippen molar-refractivity contribution in [3.63, 3.8) is 0 Å². The molecule has 30 heavy (non-hydrogen) atoms. The number of ether oxygens (including phenoxy) is 1. The van der Waals surface area contributed by atoms with E-state index >= 15 is 0 Å². The van der Waals surface area contributed by atoms with Crippen LogP contribution in [0.5, 0.6) is 0 Å². The first-order valence-electron chi connectivity index (χ1n) is 10.0. The zero-order valence-electron chi connectivity index (χ0n) is 16.9. The highest BCUT2D eigenvalue weighted by molar-refractivity contribution is 7.10. The van der Waals surface area contributed by atoms with Gasteiger partial charge in [0.25, 0.3) is 0 Å². The van der Waals surface area contributed by atoms with Gasteiger partial charge in [-0.2, -0.15) is 0 Å². The van der Waals surface area contributed by atoms with Crippen LogP contribution in [0.15, 0.2) is 78.7 Å². The molecule has 5 heteroatoms. The summed E-state index contributed by atoms with van der Waals surface area (Å²) in [7, 11) is 0. The van der Waals surface area contributed by atoms with Crippen molar-refractivity contribution in [2.24, 2.45) is 0 Å². The molecule has 0 saturated carbocycles. The highest BCUT2D eigenvalue weighted by Gasteiger charge is 2.43.